The summed E-state index contributed by atoms with van der Waals surface area (Å²) in [6, 6.07) is 3.58. The standard InChI is InChI=1S/C16H18ClFN2O2/c1-10-4-6-16(7-5-10)14(21)20(15(22)19-16)9-11-2-3-12(18)8-13(11)17/h2-3,8,10H,4-7,9H2,1H3,(H,19,22). The smallest absolute Gasteiger partial charge is 0.323 e. The Bertz CT molecular complexity index is 627. The normalized spacial score (nSPS) is 28.3. The molecule has 0 bridgehead atoms. The van der Waals surface area contributed by atoms with E-state index in [0.717, 1.165) is 12.8 Å². The van der Waals surface area contributed by atoms with Gasteiger partial charge in [-0.2, -0.15) is 0 Å². The third-order valence-corrected chi connectivity index (χ3v) is 5.07. The van der Waals surface area contributed by atoms with Crippen molar-refractivity contribution in [3.05, 3.63) is 34.6 Å². The number of benzene rings is 1. The minimum absolute atomic E-state index is 0.0705. The Morgan fingerprint density at radius 3 is 2.68 bits per heavy atom. The minimum Gasteiger partial charge on any atom is -0.323 e. The second-order valence-electron chi connectivity index (χ2n) is 6.32. The Morgan fingerprint density at radius 2 is 2.05 bits per heavy atom. The summed E-state index contributed by atoms with van der Waals surface area (Å²) in [5.74, 6) is -0.0515. The molecule has 1 saturated heterocycles. The summed E-state index contributed by atoms with van der Waals surface area (Å²) in [7, 11) is 0. The number of hydrogen-bond acceptors (Lipinski definition) is 2. The Morgan fingerprint density at radius 1 is 1.36 bits per heavy atom. The Labute approximate surface area is 133 Å². The van der Waals surface area contributed by atoms with Gasteiger partial charge in [0, 0.05) is 5.02 Å². The molecule has 6 heteroatoms. The van der Waals surface area contributed by atoms with Crippen molar-refractivity contribution in [2.45, 2.75) is 44.7 Å². The van der Waals surface area contributed by atoms with Gasteiger partial charge < -0.3 is 5.32 Å². The van der Waals surface area contributed by atoms with E-state index in [2.05, 4.69) is 12.2 Å². The summed E-state index contributed by atoms with van der Waals surface area (Å²) in [6.07, 6.45) is 3.20. The third kappa shape index (κ3) is 2.58. The maximum Gasteiger partial charge on any atom is 0.325 e. The van der Waals surface area contributed by atoms with Gasteiger partial charge in [0.25, 0.3) is 5.91 Å². The number of hydrogen-bond donors (Lipinski definition) is 1. The van der Waals surface area contributed by atoms with Crippen molar-refractivity contribution in [1.82, 2.24) is 10.2 Å². The molecule has 1 aliphatic heterocycles. The van der Waals surface area contributed by atoms with Crippen LogP contribution in [0.1, 0.15) is 38.2 Å². The highest BCUT2D eigenvalue weighted by atomic mass is 35.5. The van der Waals surface area contributed by atoms with Crippen molar-refractivity contribution in [3.8, 4) is 0 Å². The molecule has 1 saturated carbocycles. The van der Waals surface area contributed by atoms with E-state index < -0.39 is 11.4 Å². The van der Waals surface area contributed by atoms with Crippen molar-refractivity contribution >= 4 is 23.5 Å². The van der Waals surface area contributed by atoms with Gasteiger partial charge in [-0.15, -0.1) is 0 Å². The van der Waals surface area contributed by atoms with E-state index in [9.17, 15) is 14.0 Å². The SMILES string of the molecule is CC1CCC2(CC1)NC(=O)N(Cc1ccc(F)cc1Cl)C2=O. The van der Waals surface area contributed by atoms with Crippen molar-refractivity contribution in [1.29, 1.82) is 0 Å². The van der Waals surface area contributed by atoms with Gasteiger partial charge in [-0.05, 0) is 49.3 Å². The largest absolute Gasteiger partial charge is 0.325 e. The highest BCUT2D eigenvalue weighted by Gasteiger charge is 2.51. The molecule has 2 aliphatic rings. The van der Waals surface area contributed by atoms with Gasteiger partial charge in [0.2, 0.25) is 0 Å². The molecular weight excluding hydrogens is 307 g/mol. The van der Waals surface area contributed by atoms with Crippen LogP contribution in [0, 0.1) is 11.7 Å². The molecule has 1 N–H and O–H groups in total. The molecule has 1 aromatic rings. The Kier molecular flexibility index (Phi) is 3.85. The Hall–Kier alpha value is -1.62. The predicted octanol–water partition coefficient (Wildman–Crippen LogP) is 3.48. The molecule has 22 heavy (non-hydrogen) atoms. The number of nitrogens with one attached hydrogen (secondary N) is 1. The van der Waals surface area contributed by atoms with Gasteiger partial charge in [-0.1, -0.05) is 24.6 Å². The monoisotopic (exact) mass is 324 g/mol. The van der Waals surface area contributed by atoms with Gasteiger partial charge in [-0.25, -0.2) is 9.18 Å². The van der Waals surface area contributed by atoms with Crippen LogP contribution in [0.2, 0.25) is 5.02 Å². The van der Waals surface area contributed by atoms with Crippen LogP contribution in [0.3, 0.4) is 0 Å². The lowest BCUT2D eigenvalue weighted by molar-refractivity contribution is -0.133. The van der Waals surface area contributed by atoms with Crippen molar-refractivity contribution in [2.24, 2.45) is 5.92 Å². The number of imide groups is 1. The van der Waals surface area contributed by atoms with Crippen LogP contribution < -0.4 is 5.32 Å². The fourth-order valence-corrected chi connectivity index (χ4v) is 3.46. The summed E-state index contributed by atoms with van der Waals surface area (Å²) in [5.41, 5.74) is -0.191. The van der Waals surface area contributed by atoms with E-state index in [1.165, 1.54) is 23.1 Å². The van der Waals surface area contributed by atoms with Crippen LogP contribution in [0.15, 0.2) is 18.2 Å². The third-order valence-electron chi connectivity index (χ3n) is 4.72. The number of carbonyl (C=O) groups is 2. The molecule has 1 aromatic carbocycles. The van der Waals surface area contributed by atoms with Crippen LogP contribution in [0.5, 0.6) is 0 Å². The van der Waals surface area contributed by atoms with Crippen LogP contribution in [-0.4, -0.2) is 22.4 Å². The minimum atomic E-state index is -0.754. The highest BCUT2D eigenvalue weighted by Crippen LogP contribution is 2.37. The predicted molar refractivity (Wildman–Crippen MR) is 80.9 cm³/mol. The average Bonchev–Trinajstić information content (AvgIpc) is 2.69. The molecule has 1 spiro atoms. The quantitative estimate of drug-likeness (QED) is 0.847. The van der Waals surface area contributed by atoms with Crippen LogP contribution in [-0.2, 0) is 11.3 Å². The van der Waals surface area contributed by atoms with E-state index in [4.69, 9.17) is 11.6 Å². The summed E-state index contributed by atoms with van der Waals surface area (Å²) < 4.78 is 13.1. The molecule has 0 unspecified atom stereocenters. The first-order valence-corrected chi connectivity index (χ1v) is 7.87. The molecule has 118 valence electrons. The van der Waals surface area contributed by atoms with Crippen LogP contribution in [0.4, 0.5) is 9.18 Å². The van der Waals surface area contributed by atoms with Crippen LogP contribution >= 0.6 is 11.6 Å². The average molecular weight is 325 g/mol. The zero-order chi connectivity index (χ0) is 15.9. The summed E-state index contributed by atoms with van der Waals surface area (Å²) in [5, 5.41) is 3.08. The maximum atomic E-state index is 13.1. The first-order valence-electron chi connectivity index (χ1n) is 7.49. The second kappa shape index (κ2) is 5.54. The van der Waals surface area contributed by atoms with Gasteiger partial charge in [-0.3, -0.25) is 9.69 Å². The zero-order valence-electron chi connectivity index (χ0n) is 12.4. The number of carbonyl (C=O) groups excluding carboxylic acids is 2. The number of nitrogens with zero attached hydrogens (tertiary/aromatic N) is 1. The fraction of sp³-hybridized carbons (Fsp3) is 0.500. The van der Waals surface area contributed by atoms with E-state index in [1.807, 2.05) is 0 Å². The van der Waals surface area contributed by atoms with Gasteiger partial charge in [0.15, 0.2) is 0 Å². The Balaban J connectivity index is 1.80. The summed E-state index contributed by atoms with van der Waals surface area (Å²) >= 11 is 5.99. The topological polar surface area (TPSA) is 49.4 Å². The lowest BCUT2D eigenvalue weighted by Crippen LogP contribution is -2.49. The van der Waals surface area contributed by atoms with Crippen LogP contribution in [0.25, 0.3) is 0 Å². The van der Waals surface area contributed by atoms with E-state index in [1.54, 1.807) is 0 Å². The summed E-state index contributed by atoms with van der Waals surface area (Å²) in [4.78, 5) is 26.1. The molecule has 2 fully saturated rings. The number of halogens is 2. The number of urea groups is 1. The number of rotatable bonds is 2. The highest BCUT2D eigenvalue weighted by molar-refractivity contribution is 6.31. The molecule has 4 nitrogen and oxygen atoms in total. The van der Waals surface area contributed by atoms with E-state index >= 15 is 0 Å². The van der Waals surface area contributed by atoms with Gasteiger partial charge in [0.1, 0.15) is 11.4 Å². The molecular formula is C16H18ClFN2O2. The van der Waals surface area contributed by atoms with Crippen molar-refractivity contribution in [3.63, 3.8) is 0 Å². The zero-order valence-corrected chi connectivity index (χ0v) is 13.1. The maximum absolute atomic E-state index is 13.1. The second-order valence-corrected chi connectivity index (χ2v) is 6.73. The molecule has 1 heterocycles. The molecule has 3 amide bonds. The first-order chi connectivity index (χ1) is 10.4. The first kappa shape index (κ1) is 15.3. The lowest BCUT2D eigenvalue weighted by atomic mass is 9.77. The van der Waals surface area contributed by atoms with Crippen molar-refractivity contribution < 1.29 is 14.0 Å². The van der Waals surface area contributed by atoms with E-state index in [0.29, 0.717) is 24.3 Å². The molecule has 0 radical (unpaired) electrons. The van der Waals surface area contributed by atoms with Gasteiger partial charge in [0.05, 0.1) is 6.54 Å². The number of amides is 3. The fourth-order valence-electron chi connectivity index (χ4n) is 3.23. The van der Waals surface area contributed by atoms with Gasteiger partial charge >= 0.3 is 6.03 Å². The summed E-state index contributed by atoms with van der Waals surface area (Å²) in [6.45, 7) is 2.23. The van der Waals surface area contributed by atoms with Crippen molar-refractivity contribution in [2.75, 3.05) is 0 Å². The molecule has 0 atom stereocenters. The van der Waals surface area contributed by atoms with E-state index in [-0.39, 0.29) is 23.5 Å². The molecule has 0 aromatic heterocycles. The molecule has 3 rings (SSSR count). The molecule has 1 aliphatic carbocycles. The lowest BCUT2D eigenvalue weighted by Gasteiger charge is -2.33.